The van der Waals surface area contributed by atoms with Gasteiger partial charge in [0.25, 0.3) is 0 Å². The van der Waals surface area contributed by atoms with Crippen molar-refractivity contribution in [3.8, 4) is 5.75 Å². The number of hydrogen-bond donors (Lipinski definition) is 1. The van der Waals surface area contributed by atoms with Crippen molar-refractivity contribution in [2.45, 2.75) is 20.0 Å². The molecule has 0 saturated heterocycles. The second kappa shape index (κ2) is 5.68. The molecular weight excluding hydrogens is 260 g/mol. The van der Waals surface area contributed by atoms with Crippen molar-refractivity contribution >= 4 is 11.4 Å². The van der Waals surface area contributed by atoms with Crippen LogP contribution in [0.1, 0.15) is 25.5 Å². The summed E-state index contributed by atoms with van der Waals surface area (Å²) in [6.07, 6.45) is 0.0549. The third-order valence-electron chi connectivity index (χ3n) is 3.76. The van der Waals surface area contributed by atoms with E-state index in [0.717, 1.165) is 30.2 Å². The zero-order valence-electron chi connectivity index (χ0n) is 12.6. The average Bonchev–Trinajstić information content (AvgIpc) is 2.47. The van der Waals surface area contributed by atoms with Crippen LogP contribution in [-0.2, 0) is 0 Å². The summed E-state index contributed by atoms with van der Waals surface area (Å²) in [5.74, 6) is 1.46. The fraction of sp³-hybridized carbons (Fsp3) is 0.333. The van der Waals surface area contributed by atoms with Gasteiger partial charge in [-0.1, -0.05) is 50.2 Å². The highest BCUT2D eigenvalue weighted by molar-refractivity contribution is 5.76. The lowest BCUT2D eigenvalue weighted by molar-refractivity contribution is 0.196. The fourth-order valence-electron chi connectivity index (χ4n) is 2.90. The van der Waals surface area contributed by atoms with Gasteiger partial charge in [0, 0.05) is 6.54 Å². The van der Waals surface area contributed by atoms with Gasteiger partial charge in [0.1, 0.15) is 17.5 Å². The number of nitrogen functional groups attached to an aromatic ring is 1. The summed E-state index contributed by atoms with van der Waals surface area (Å²) in [4.78, 5) is 2.36. The summed E-state index contributed by atoms with van der Waals surface area (Å²) in [7, 11) is 0. The van der Waals surface area contributed by atoms with Gasteiger partial charge >= 0.3 is 0 Å². The van der Waals surface area contributed by atoms with Crippen LogP contribution < -0.4 is 15.4 Å². The predicted octanol–water partition coefficient (Wildman–Crippen LogP) is 3.86. The molecule has 0 fully saturated rings. The van der Waals surface area contributed by atoms with E-state index < -0.39 is 0 Å². The highest BCUT2D eigenvalue weighted by atomic mass is 16.5. The van der Waals surface area contributed by atoms with E-state index in [1.165, 1.54) is 5.56 Å². The molecule has 2 aromatic rings. The Morgan fingerprint density at radius 2 is 1.90 bits per heavy atom. The lowest BCUT2D eigenvalue weighted by atomic mass is 10.0. The van der Waals surface area contributed by atoms with Crippen molar-refractivity contribution < 1.29 is 4.74 Å². The van der Waals surface area contributed by atoms with Crippen LogP contribution >= 0.6 is 0 Å². The van der Waals surface area contributed by atoms with Gasteiger partial charge in [0.2, 0.25) is 0 Å². The topological polar surface area (TPSA) is 38.5 Å². The molecule has 2 aromatic carbocycles. The van der Waals surface area contributed by atoms with Crippen LogP contribution in [0.2, 0.25) is 0 Å². The number of hydrogen-bond acceptors (Lipinski definition) is 3. The molecule has 0 saturated carbocycles. The summed E-state index contributed by atoms with van der Waals surface area (Å²) in [6.45, 7) is 6.27. The molecule has 2 N–H and O–H groups in total. The van der Waals surface area contributed by atoms with Crippen molar-refractivity contribution in [2.75, 3.05) is 23.7 Å². The Balaban J connectivity index is 1.97. The Hall–Kier alpha value is -2.16. The van der Waals surface area contributed by atoms with E-state index in [0.29, 0.717) is 5.92 Å². The molecule has 0 amide bonds. The molecule has 3 rings (SSSR count). The third-order valence-corrected chi connectivity index (χ3v) is 3.76. The number of benzene rings is 2. The van der Waals surface area contributed by atoms with E-state index >= 15 is 0 Å². The van der Waals surface area contributed by atoms with Gasteiger partial charge in [-0.15, -0.1) is 0 Å². The Morgan fingerprint density at radius 1 is 1.14 bits per heavy atom. The van der Waals surface area contributed by atoms with Gasteiger partial charge in [-0.2, -0.15) is 0 Å². The second-order valence-corrected chi connectivity index (χ2v) is 6.01. The smallest absolute Gasteiger partial charge is 0.145 e. The van der Waals surface area contributed by atoms with Crippen LogP contribution in [0.15, 0.2) is 48.5 Å². The van der Waals surface area contributed by atoms with Gasteiger partial charge in [-0.25, -0.2) is 0 Å². The third kappa shape index (κ3) is 2.82. The monoisotopic (exact) mass is 282 g/mol. The van der Waals surface area contributed by atoms with Crippen molar-refractivity contribution in [1.82, 2.24) is 0 Å². The van der Waals surface area contributed by atoms with Crippen LogP contribution in [0.5, 0.6) is 5.75 Å². The standard InChI is InChI=1S/C18H22N2O/c1-13(2)11-20-12-17(14-7-4-3-5-8-14)21-16-10-6-9-15(19)18(16)20/h3-10,13,17H,11-12,19H2,1-2H3. The van der Waals surface area contributed by atoms with E-state index in [-0.39, 0.29) is 6.10 Å². The molecule has 110 valence electrons. The molecule has 0 bridgehead atoms. The zero-order chi connectivity index (χ0) is 14.8. The quantitative estimate of drug-likeness (QED) is 0.869. The summed E-state index contributed by atoms with van der Waals surface area (Å²) in [6, 6.07) is 16.3. The van der Waals surface area contributed by atoms with Crippen LogP contribution in [0, 0.1) is 5.92 Å². The number of para-hydroxylation sites is 1. The molecule has 1 heterocycles. The van der Waals surface area contributed by atoms with Crippen molar-refractivity contribution in [2.24, 2.45) is 5.92 Å². The first-order valence-corrected chi connectivity index (χ1v) is 7.50. The summed E-state index contributed by atoms with van der Waals surface area (Å²) in [5.41, 5.74) is 9.21. The summed E-state index contributed by atoms with van der Waals surface area (Å²) in [5, 5.41) is 0. The van der Waals surface area contributed by atoms with Crippen molar-refractivity contribution in [1.29, 1.82) is 0 Å². The second-order valence-electron chi connectivity index (χ2n) is 6.01. The molecule has 1 unspecified atom stereocenters. The molecule has 0 spiro atoms. The fourth-order valence-corrected chi connectivity index (χ4v) is 2.90. The minimum atomic E-state index is 0.0549. The molecule has 21 heavy (non-hydrogen) atoms. The molecule has 3 heteroatoms. The Bertz CT molecular complexity index is 610. The molecule has 0 aromatic heterocycles. The lowest BCUT2D eigenvalue weighted by Gasteiger charge is -2.38. The minimum Gasteiger partial charge on any atom is -0.482 e. The van der Waals surface area contributed by atoms with Crippen molar-refractivity contribution in [3.63, 3.8) is 0 Å². The highest BCUT2D eigenvalue weighted by Gasteiger charge is 2.28. The van der Waals surface area contributed by atoms with Crippen molar-refractivity contribution in [3.05, 3.63) is 54.1 Å². The molecule has 0 aliphatic carbocycles. The maximum Gasteiger partial charge on any atom is 0.145 e. The van der Waals surface area contributed by atoms with Gasteiger partial charge in [0.05, 0.1) is 12.2 Å². The van der Waals surface area contributed by atoms with E-state index in [9.17, 15) is 0 Å². The Morgan fingerprint density at radius 3 is 2.62 bits per heavy atom. The van der Waals surface area contributed by atoms with E-state index in [1.807, 2.05) is 24.3 Å². The number of anilines is 2. The van der Waals surface area contributed by atoms with Gasteiger partial charge < -0.3 is 15.4 Å². The molecule has 0 radical (unpaired) electrons. The number of fused-ring (bicyclic) bond motifs is 1. The van der Waals surface area contributed by atoms with E-state index in [2.05, 4.69) is 43.0 Å². The molecular formula is C18H22N2O. The number of nitrogens with two attached hydrogens (primary N) is 1. The molecule has 1 aliphatic heterocycles. The first-order chi connectivity index (χ1) is 10.1. The molecule has 1 atom stereocenters. The largest absolute Gasteiger partial charge is 0.482 e. The van der Waals surface area contributed by atoms with Gasteiger partial charge in [0.15, 0.2) is 0 Å². The van der Waals surface area contributed by atoms with E-state index in [4.69, 9.17) is 10.5 Å². The number of ether oxygens (including phenoxy) is 1. The van der Waals surface area contributed by atoms with Crippen LogP contribution in [0.3, 0.4) is 0 Å². The number of rotatable bonds is 3. The lowest BCUT2D eigenvalue weighted by Crippen LogP contribution is -2.38. The SMILES string of the molecule is CC(C)CN1CC(c2ccccc2)Oc2cccc(N)c21. The minimum absolute atomic E-state index is 0.0549. The van der Waals surface area contributed by atoms with Crippen LogP contribution in [-0.4, -0.2) is 13.1 Å². The highest BCUT2D eigenvalue weighted by Crippen LogP contribution is 2.41. The van der Waals surface area contributed by atoms with Crippen LogP contribution in [0.4, 0.5) is 11.4 Å². The zero-order valence-corrected chi connectivity index (χ0v) is 12.6. The maximum atomic E-state index is 6.19. The van der Waals surface area contributed by atoms with E-state index in [1.54, 1.807) is 0 Å². The Labute approximate surface area is 126 Å². The van der Waals surface area contributed by atoms with Gasteiger partial charge in [-0.05, 0) is 23.6 Å². The summed E-state index contributed by atoms with van der Waals surface area (Å²) < 4.78 is 6.19. The predicted molar refractivity (Wildman–Crippen MR) is 87.7 cm³/mol. The normalized spacial score (nSPS) is 17.5. The van der Waals surface area contributed by atoms with Crippen LogP contribution in [0.25, 0.3) is 0 Å². The number of nitrogens with zero attached hydrogens (tertiary/aromatic N) is 1. The first-order valence-electron chi connectivity index (χ1n) is 7.50. The van der Waals surface area contributed by atoms with Gasteiger partial charge in [-0.3, -0.25) is 0 Å². The summed E-state index contributed by atoms with van der Waals surface area (Å²) >= 11 is 0. The average molecular weight is 282 g/mol. The molecule has 3 nitrogen and oxygen atoms in total. The molecule has 1 aliphatic rings. The Kier molecular flexibility index (Phi) is 3.74. The first kappa shape index (κ1) is 13.8. The maximum absolute atomic E-state index is 6.19.